The summed E-state index contributed by atoms with van der Waals surface area (Å²) in [7, 11) is 0. The van der Waals surface area contributed by atoms with Gasteiger partial charge in [0.05, 0.1) is 6.54 Å². The number of carbonyl (C=O) groups excluding carboxylic acids is 1. The second-order valence-corrected chi connectivity index (χ2v) is 5.47. The first kappa shape index (κ1) is 13.6. The van der Waals surface area contributed by atoms with E-state index in [4.69, 9.17) is 5.73 Å². The Morgan fingerprint density at radius 3 is 2.89 bits per heavy atom. The van der Waals surface area contributed by atoms with Gasteiger partial charge in [0, 0.05) is 25.7 Å². The summed E-state index contributed by atoms with van der Waals surface area (Å²) in [6.07, 6.45) is 9.10. The minimum Gasteiger partial charge on any atom is -0.355 e. The van der Waals surface area contributed by atoms with Crippen molar-refractivity contribution in [2.45, 2.75) is 44.6 Å². The lowest BCUT2D eigenvalue weighted by atomic mass is 10.1. The maximum atomic E-state index is 11.8. The molecule has 1 amide bonds. The van der Waals surface area contributed by atoms with Crippen molar-refractivity contribution in [3.05, 3.63) is 11.6 Å². The zero-order valence-corrected chi connectivity index (χ0v) is 11.2. The van der Waals surface area contributed by atoms with E-state index in [0.29, 0.717) is 12.6 Å². The van der Waals surface area contributed by atoms with Gasteiger partial charge in [-0.15, -0.1) is 0 Å². The molecule has 3 N–H and O–H groups in total. The molecule has 1 aliphatic heterocycles. The molecule has 4 heteroatoms. The first-order valence-corrected chi connectivity index (χ1v) is 7.16. The van der Waals surface area contributed by atoms with E-state index in [1.54, 1.807) is 0 Å². The molecule has 4 nitrogen and oxygen atoms in total. The summed E-state index contributed by atoms with van der Waals surface area (Å²) >= 11 is 0. The minimum absolute atomic E-state index is 0.157. The van der Waals surface area contributed by atoms with Gasteiger partial charge in [0.1, 0.15) is 0 Å². The van der Waals surface area contributed by atoms with Crippen molar-refractivity contribution in [1.82, 2.24) is 10.2 Å². The van der Waals surface area contributed by atoms with E-state index in [1.807, 2.05) is 0 Å². The maximum Gasteiger partial charge on any atom is 0.234 e. The Kier molecular flexibility index (Phi) is 5.20. The number of allylic oxidation sites excluding steroid dienone is 1. The van der Waals surface area contributed by atoms with Crippen molar-refractivity contribution in [2.24, 2.45) is 5.73 Å². The van der Waals surface area contributed by atoms with Crippen LogP contribution in [0.2, 0.25) is 0 Å². The third-order valence-electron chi connectivity index (χ3n) is 3.90. The summed E-state index contributed by atoms with van der Waals surface area (Å²) in [6, 6.07) is 0.332. The van der Waals surface area contributed by atoms with Crippen LogP contribution < -0.4 is 11.1 Å². The fraction of sp³-hybridized carbons (Fsp3) is 0.786. The fourth-order valence-corrected chi connectivity index (χ4v) is 2.70. The molecule has 2 aliphatic rings. The van der Waals surface area contributed by atoms with Crippen molar-refractivity contribution in [3.8, 4) is 0 Å². The lowest BCUT2D eigenvalue weighted by Gasteiger charge is -2.29. The van der Waals surface area contributed by atoms with Crippen LogP contribution in [0.5, 0.6) is 0 Å². The van der Waals surface area contributed by atoms with Crippen LogP contribution in [0.25, 0.3) is 0 Å². The number of likely N-dealkylation sites (tertiary alicyclic amines) is 1. The second-order valence-electron chi connectivity index (χ2n) is 5.47. The van der Waals surface area contributed by atoms with E-state index >= 15 is 0 Å². The molecule has 102 valence electrons. The van der Waals surface area contributed by atoms with Crippen LogP contribution in [-0.4, -0.2) is 43.0 Å². The highest BCUT2D eigenvalue weighted by molar-refractivity contribution is 5.78. The van der Waals surface area contributed by atoms with Gasteiger partial charge in [-0.25, -0.2) is 0 Å². The van der Waals surface area contributed by atoms with E-state index in [1.165, 1.54) is 24.8 Å². The van der Waals surface area contributed by atoms with Crippen LogP contribution >= 0.6 is 0 Å². The predicted molar refractivity (Wildman–Crippen MR) is 73.2 cm³/mol. The van der Waals surface area contributed by atoms with Crippen LogP contribution in [0.4, 0.5) is 0 Å². The summed E-state index contributed by atoms with van der Waals surface area (Å²) < 4.78 is 0. The number of nitrogens with zero attached hydrogens (tertiary/aromatic N) is 1. The van der Waals surface area contributed by atoms with Crippen molar-refractivity contribution in [1.29, 1.82) is 0 Å². The smallest absolute Gasteiger partial charge is 0.234 e. The number of hydrogen-bond donors (Lipinski definition) is 2. The molecule has 0 unspecified atom stereocenters. The normalized spacial score (nSPS) is 21.9. The van der Waals surface area contributed by atoms with E-state index in [9.17, 15) is 4.79 Å². The first-order valence-electron chi connectivity index (χ1n) is 7.16. The molecule has 0 radical (unpaired) electrons. The standard InChI is InChI=1S/C14H25N3O/c15-13-6-9-17(10-7-13)11-14(18)16-8-5-12-3-1-2-4-12/h3,13H,1-2,4-11,15H2,(H,16,18). The van der Waals surface area contributed by atoms with Gasteiger partial charge in [0.15, 0.2) is 0 Å². The SMILES string of the molecule is NC1CCN(CC(=O)NCCC2=CCCC2)CC1. The second kappa shape index (κ2) is 6.90. The monoisotopic (exact) mass is 251 g/mol. The summed E-state index contributed by atoms with van der Waals surface area (Å²) in [4.78, 5) is 14.0. The number of hydrogen-bond acceptors (Lipinski definition) is 3. The lowest BCUT2D eigenvalue weighted by molar-refractivity contribution is -0.122. The summed E-state index contributed by atoms with van der Waals surface area (Å²) in [5, 5.41) is 3.02. The molecular formula is C14H25N3O. The average molecular weight is 251 g/mol. The van der Waals surface area contributed by atoms with Gasteiger partial charge in [-0.1, -0.05) is 11.6 Å². The van der Waals surface area contributed by atoms with E-state index in [0.717, 1.165) is 38.9 Å². The van der Waals surface area contributed by atoms with Crippen LogP contribution in [0.1, 0.15) is 38.5 Å². The number of nitrogens with one attached hydrogen (secondary N) is 1. The van der Waals surface area contributed by atoms with Crippen LogP contribution in [0.3, 0.4) is 0 Å². The van der Waals surface area contributed by atoms with Gasteiger partial charge in [0.2, 0.25) is 5.91 Å². The summed E-state index contributed by atoms with van der Waals surface area (Å²) in [5.41, 5.74) is 7.36. The number of amides is 1. The Morgan fingerprint density at radius 2 is 2.22 bits per heavy atom. The lowest BCUT2D eigenvalue weighted by Crippen LogP contribution is -2.44. The van der Waals surface area contributed by atoms with E-state index < -0.39 is 0 Å². The number of piperidine rings is 1. The van der Waals surface area contributed by atoms with Crippen molar-refractivity contribution in [3.63, 3.8) is 0 Å². The molecular weight excluding hydrogens is 226 g/mol. The Hall–Kier alpha value is -0.870. The van der Waals surface area contributed by atoms with Gasteiger partial charge in [-0.05, 0) is 38.5 Å². The van der Waals surface area contributed by atoms with Crippen LogP contribution in [0.15, 0.2) is 11.6 Å². The third-order valence-corrected chi connectivity index (χ3v) is 3.90. The fourth-order valence-electron chi connectivity index (χ4n) is 2.70. The Labute approximate surface area is 110 Å². The highest BCUT2D eigenvalue weighted by atomic mass is 16.2. The maximum absolute atomic E-state index is 11.8. The molecule has 0 spiro atoms. The number of rotatable bonds is 5. The topological polar surface area (TPSA) is 58.4 Å². The average Bonchev–Trinajstić information content (AvgIpc) is 2.85. The largest absolute Gasteiger partial charge is 0.355 e. The summed E-state index contributed by atoms with van der Waals surface area (Å²) in [5.74, 6) is 0.157. The number of nitrogens with two attached hydrogens (primary N) is 1. The molecule has 0 aromatic heterocycles. The molecule has 1 saturated heterocycles. The Balaban J connectivity index is 1.57. The van der Waals surface area contributed by atoms with Gasteiger partial charge >= 0.3 is 0 Å². The van der Waals surface area contributed by atoms with Gasteiger partial charge < -0.3 is 11.1 Å². The summed E-state index contributed by atoms with van der Waals surface area (Å²) in [6.45, 7) is 3.24. The molecule has 1 fully saturated rings. The first-order chi connectivity index (χ1) is 8.74. The molecule has 0 aromatic rings. The highest BCUT2D eigenvalue weighted by Gasteiger charge is 2.17. The molecule has 2 rings (SSSR count). The van der Waals surface area contributed by atoms with Gasteiger partial charge in [0.25, 0.3) is 0 Å². The highest BCUT2D eigenvalue weighted by Crippen LogP contribution is 2.19. The molecule has 0 saturated carbocycles. The molecule has 0 atom stereocenters. The van der Waals surface area contributed by atoms with Crippen molar-refractivity contribution < 1.29 is 4.79 Å². The van der Waals surface area contributed by atoms with Gasteiger partial charge in [-0.2, -0.15) is 0 Å². The molecule has 1 aliphatic carbocycles. The van der Waals surface area contributed by atoms with Crippen molar-refractivity contribution >= 4 is 5.91 Å². The van der Waals surface area contributed by atoms with E-state index in [-0.39, 0.29) is 5.91 Å². The third kappa shape index (κ3) is 4.42. The van der Waals surface area contributed by atoms with Crippen molar-refractivity contribution in [2.75, 3.05) is 26.2 Å². The minimum atomic E-state index is 0.157. The van der Waals surface area contributed by atoms with Crippen LogP contribution in [-0.2, 0) is 4.79 Å². The Morgan fingerprint density at radius 1 is 1.44 bits per heavy atom. The zero-order valence-electron chi connectivity index (χ0n) is 11.2. The molecule has 0 aromatic carbocycles. The van der Waals surface area contributed by atoms with Gasteiger partial charge in [-0.3, -0.25) is 9.69 Å². The number of carbonyl (C=O) groups is 1. The van der Waals surface area contributed by atoms with Crippen LogP contribution in [0, 0.1) is 0 Å². The molecule has 0 bridgehead atoms. The Bertz CT molecular complexity index is 306. The van der Waals surface area contributed by atoms with E-state index in [2.05, 4.69) is 16.3 Å². The predicted octanol–water partition coefficient (Wildman–Crippen LogP) is 1.03. The zero-order chi connectivity index (χ0) is 12.8. The molecule has 18 heavy (non-hydrogen) atoms. The quantitative estimate of drug-likeness (QED) is 0.717. The molecule has 1 heterocycles.